The van der Waals surface area contributed by atoms with Gasteiger partial charge in [0.25, 0.3) is 0 Å². The van der Waals surface area contributed by atoms with Crippen LogP contribution < -0.4 is 4.74 Å². The van der Waals surface area contributed by atoms with E-state index in [1.54, 1.807) is 6.07 Å². The summed E-state index contributed by atoms with van der Waals surface area (Å²) in [5.74, 6) is 1.14. The minimum Gasteiger partial charge on any atom is -0.504 e. The summed E-state index contributed by atoms with van der Waals surface area (Å²) in [7, 11) is 0. The van der Waals surface area contributed by atoms with E-state index in [1.165, 1.54) is 12.8 Å². The van der Waals surface area contributed by atoms with Crippen molar-refractivity contribution in [1.29, 1.82) is 0 Å². The third kappa shape index (κ3) is 2.28. The van der Waals surface area contributed by atoms with Gasteiger partial charge in [-0.15, -0.1) is 0 Å². The van der Waals surface area contributed by atoms with Crippen molar-refractivity contribution in [1.82, 2.24) is 4.90 Å². The molecule has 3 aliphatic carbocycles. The van der Waals surface area contributed by atoms with Crippen LogP contribution in [0.5, 0.6) is 11.5 Å². The van der Waals surface area contributed by atoms with Gasteiger partial charge in [-0.2, -0.15) is 0 Å². The van der Waals surface area contributed by atoms with E-state index in [2.05, 4.69) is 4.90 Å². The number of carbonyl (C=O) groups excluding carboxylic acids is 1. The van der Waals surface area contributed by atoms with E-state index in [0.29, 0.717) is 24.2 Å². The molecule has 1 saturated heterocycles. The van der Waals surface area contributed by atoms with Crippen molar-refractivity contribution in [2.75, 3.05) is 13.1 Å². The van der Waals surface area contributed by atoms with E-state index in [-0.39, 0.29) is 17.6 Å². The Morgan fingerprint density at radius 2 is 1.97 bits per heavy atom. The van der Waals surface area contributed by atoms with Gasteiger partial charge in [0.2, 0.25) is 0 Å². The van der Waals surface area contributed by atoms with Gasteiger partial charge in [-0.1, -0.05) is 36.4 Å². The number of ether oxygens (including phenoxy) is 1. The fourth-order valence-corrected chi connectivity index (χ4v) is 7.06. The molecule has 164 valence electrons. The molecule has 2 bridgehead atoms. The second-order valence-electron chi connectivity index (χ2n) is 10.4. The number of aliphatic hydroxyl groups is 1. The van der Waals surface area contributed by atoms with Crippen LogP contribution in [-0.4, -0.2) is 51.7 Å². The Morgan fingerprint density at radius 3 is 2.75 bits per heavy atom. The fraction of sp³-hybridized carbons (Fsp3) is 0.444. The Labute approximate surface area is 187 Å². The molecule has 4 atom stereocenters. The largest absolute Gasteiger partial charge is 0.504 e. The maximum absolute atomic E-state index is 13.8. The standard InChI is InChI=1S/C27H27NO4/c29-20-9-8-18-13-21-27(31)14-19(12-16-4-2-1-3-5-16)23(30)25-26(27,22(18)24(20)32-25)10-11-28(21)15-17-6-7-17/h1-5,8-9,12,17,21,25,29,31H,6-7,10-11,13-15H2/b19-12+/t21?,25-,26-,27+/m0/s1. The topological polar surface area (TPSA) is 70.0 Å². The summed E-state index contributed by atoms with van der Waals surface area (Å²) in [6.45, 7) is 1.86. The molecular formula is C27H27NO4. The van der Waals surface area contributed by atoms with Gasteiger partial charge in [0.1, 0.15) is 0 Å². The lowest BCUT2D eigenvalue weighted by atomic mass is 9.48. The van der Waals surface area contributed by atoms with Gasteiger partial charge in [0.05, 0.1) is 11.0 Å². The number of hydrogen-bond donors (Lipinski definition) is 2. The number of hydrogen-bond acceptors (Lipinski definition) is 5. The Morgan fingerprint density at radius 1 is 1.16 bits per heavy atom. The molecule has 0 amide bonds. The van der Waals surface area contributed by atoms with Crippen LogP contribution in [-0.2, 0) is 16.6 Å². The molecule has 2 aliphatic heterocycles. The minimum atomic E-state index is -1.11. The molecule has 0 aromatic heterocycles. The molecule has 2 saturated carbocycles. The molecule has 1 spiro atoms. The molecule has 2 N–H and O–H groups in total. The number of aromatic hydroxyl groups is 1. The van der Waals surface area contributed by atoms with E-state index in [1.807, 2.05) is 42.5 Å². The highest BCUT2D eigenvalue weighted by atomic mass is 16.5. The first kappa shape index (κ1) is 18.9. The number of carbonyl (C=O) groups is 1. The molecule has 5 heteroatoms. The third-order valence-electron chi connectivity index (χ3n) is 8.67. The predicted octanol–water partition coefficient (Wildman–Crippen LogP) is 3.22. The smallest absolute Gasteiger partial charge is 0.200 e. The maximum Gasteiger partial charge on any atom is 0.200 e. The monoisotopic (exact) mass is 429 g/mol. The molecule has 32 heavy (non-hydrogen) atoms. The number of ketones is 1. The van der Waals surface area contributed by atoms with Crippen LogP contribution in [0, 0.1) is 5.92 Å². The summed E-state index contributed by atoms with van der Waals surface area (Å²) in [5, 5.41) is 23.2. The number of phenolic OH excluding ortho intramolecular Hbond substituents is 1. The quantitative estimate of drug-likeness (QED) is 0.734. The van der Waals surface area contributed by atoms with E-state index < -0.39 is 17.1 Å². The highest BCUT2D eigenvalue weighted by molar-refractivity contribution is 6.06. The zero-order valence-corrected chi connectivity index (χ0v) is 18.0. The Kier molecular flexibility index (Phi) is 3.68. The molecule has 7 rings (SSSR count). The second-order valence-corrected chi connectivity index (χ2v) is 10.4. The maximum atomic E-state index is 13.8. The van der Waals surface area contributed by atoms with E-state index in [9.17, 15) is 15.0 Å². The number of Topliss-reactive ketones (excluding diaryl/α,β-unsaturated/α-hetero) is 1. The average molecular weight is 430 g/mol. The number of nitrogens with zero attached hydrogens (tertiary/aromatic N) is 1. The van der Waals surface area contributed by atoms with Crippen molar-refractivity contribution in [3.05, 3.63) is 64.7 Å². The summed E-state index contributed by atoms with van der Waals surface area (Å²) in [6, 6.07) is 13.4. The van der Waals surface area contributed by atoms with E-state index in [0.717, 1.165) is 42.1 Å². The Balaban J connectivity index is 1.42. The lowest BCUT2D eigenvalue weighted by Crippen LogP contribution is -2.77. The first-order valence-electron chi connectivity index (χ1n) is 11.8. The van der Waals surface area contributed by atoms with Crippen molar-refractivity contribution >= 4 is 11.9 Å². The van der Waals surface area contributed by atoms with Gasteiger partial charge in [0.15, 0.2) is 23.4 Å². The van der Waals surface area contributed by atoms with Crippen molar-refractivity contribution in [2.45, 2.75) is 55.3 Å². The van der Waals surface area contributed by atoms with Gasteiger partial charge in [-0.05, 0) is 61.4 Å². The van der Waals surface area contributed by atoms with Crippen molar-refractivity contribution in [2.24, 2.45) is 5.92 Å². The van der Waals surface area contributed by atoms with E-state index >= 15 is 0 Å². The summed E-state index contributed by atoms with van der Waals surface area (Å²) >= 11 is 0. The number of likely N-dealkylation sites (tertiary alicyclic amines) is 1. The first-order chi connectivity index (χ1) is 15.5. The fourth-order valence-electron chi connectivity index (χ4n) is 7.06. The van der Waals surface area contributed by atoms with Gasteiger partial charge in [-0.25, -0.2) is 0 Å². The number of benzene rings is 2. The van der Waals surface area contributed by atoms with Gasteiger partial charge < -0.3 is 14.9 Å². The van der Waals surface area contributed by atoms with Gasteiger partial charge >= 0.3 is 0 Å². The third-order valence-corrected chi connectivity index (χ3v) is 8.67. The van der Waals surface area contributed by atoms with Crippen LogP contribution in [0.3, 0.4) is 0 Å². The molecular weight excluding hydrogens is 402 g/mol. The van der Waals surface area contributed by atoms with Gasteiger partial charge in [0, 0.05) is 30.1 Å². The lowest BCUT2D eigenvalue weighted by molar-refractivity contribution is -0.179. The average Bonchev–Trinajstić information content (AvgIpc) is 3.52. The molecule has 0 radical (unpaired) electrons. The molecule has 2 aromatic carbocycles. The second kappa shape index (κ2) is 6.24. The molecule has 5 nitrogen and oxygen atoms in total. The highest BCUT2D eigenvalue weighted by Crippen LogP contribution is 2.65. The zero-order valence-electron chi connectivity index (χ0n) is 18.0. The SMILES string of the molecule is O=C1/C(=C/c2ccccc2)C[C@@]2(O)C3Cc4ccc(O)c5c4[C@@]2(CCN3CC2CC2)[C@H]1O5. The van der Waals surface area contributed by atoms with Crippen LogP contribution in [0.15, 0.2) is 48.0 Å². The molecule has 5 aliphatic rings. The van der Waals surface area contributed by atoms with Crippen molar-refractivity contribution < 1.29 is 19.7 Å². The number of rotatable bonds is 3. The summed E-state index contributed by atoms with van der Waals surface area (Å²) in [6.07, 6.45) is 5.37. The van der Waals surface area contributed by atoms with Crippen LogP contribution in [0.25, 0.3) is 6.08 Å². The van der Waals surface area contributed by atoms with Crippen LogP contribution >= 0.6 is 0 Å². The van der Waals surface area contributed by atoms with Crippen LogP contribution in [0.4, 0.5) is 0 Å². The van der Waals surface area contributed by atoms with Crippen LogP contribution in [0.1, 0.15) is 42.4 Å². The summed E-state index contributed by atoms with van der Waals surface area (Å²) < 4.78 is 6.26. The Bertz CT molecular complexity index is 1170. The Hall–Kier alpha value is -2.63. The highest BCUT2D eigenvalue weighted by Gasteiger charge is 2.74. The molecule has 2 aromatic rings. The first-order valence-corrected chi connectivity index (χ1v) is 11.8. The lowest BCUT2D eigenvalue weighted by Gasteiger charge is -2.62. The van der Waals surface area contributed by atoms with E-state index in [4.69, 9.17) is 4.74 Å². The minimum absolute atomic E-state index is 0.0572. The number of phenols is 1. The molecule has 2 heterocycles. The number of piperidine rings is 1. The van der Waals surface area contributed by atoms with Gasteiger partial charge in [-0.3, -0.25) is 9.69 Å². The summed E-state index contributed by atoms with van der Waals surface area (Å²) in [4.78, 5) is 16.3. The predicted molar refractivity (Wildman–Crippen MR) is 120 cm³/mol. The van der Waals surface area contributed by atoms with Crippen molar-refractivity contribution in [3.8, 4) is 11.5 Å². The molecule has 1 unspecified atom stereocenters. The zero-order chi connectivity index (χ0) is 21.7. The normalized spacial score (nSPS) is 36.2. The molecule has 3 fully saturated rings. The summed E-state index contributed by atoms with van der Waals surface area (Å²) in [5.41, 5.74) is 1.67. The van der Waals surface area contributed by atoms with Crippen LogP contribution in [0.2, 0.25) is 0 Å². The van der Waals surface area contributed by atoms with Crippen molar-refractivity contribution in [3.63, 3.8) is 0 Å².